The van der Waals surface area contributed by atoms with Crippen molar-refractivity contribution in [3.63, 3.8) is 0 Å². The van der Waals surface area contributed by atoms with Crippen molar-refractivity contribution >= 4 is 12.1 Å². The lowest BCUT2D eigenvalue weighted by Crippen LogP contribution is -2.53. The highest BCUT2D eigenvalue weighted by Crippen LogP contribution is 2.28. The van der Waals surface area contributed by atoms with Crippen molar-refractivity contribution in [1.82, 2.24) is 5.32 Å². The lowest BCUT2D eigenvalue weighted by Gasteiger charge is -2.37. The van der Waals surface area contributed by atoms with Crippen molar-refractivity contribution < 1.29 is 19.1 Å². The fraction of sp³-hybridized carbons (Fsp3) is 0.667. The lowest BCUT2D eigenvalue weighted by atomic mass is 9.87. The summed E-state index contributed by atoms with van der Waals surface area (Å²) in [6, 6.07) is -0.183. The summed E-state index contributed by atoms with van der Waals surface area (Å²) in [7, 11) is 0. The number of rotatable bonds is 1. The molecule has 0 aromatic heterocycles. The van der Waals surface area contributed by atoms with Crippen molar-refractivity contribution in [1.29, 1.82) is 0 Å². The molecule has 1 amide bonds. The summed E-state index contributed by atoms with van der Waals surface area (Å²) in [4.78, 5) is 22.9. The number of alkyl carbamates (subject to hydrolysis) is 1. The zero-order valence-electron chi connectivity index (χ0n) is 10.2. The molecule has 0 spiro atoms. The number of carbonyl (C=O) groups excluding carboxylic acids is 2. The van der Waals surface area contributed by atoms with Crippen LogP contribution in [0.2, 0.25) is 0 Å². The highest BCUT2D eigenvalue weighted by Gasteiger charge is 2.40. The standard InChI is InChI=1S/C12H17NO4/c1-12(2,3)17-11(15)13-8-6-7-4-5-9(8)16-10(7)14/h4-5,7-9H,6H2,1-3H3,(H,13,15)/t7-,8+,9+/m0/s1. The van der Waals surface area contributed by atoms with Crippen molar-refractivity contribution in [3.05, 3.63) is 12.2 Å². The predicted octanol–water partition coefficient (Wildman–Crippen LogP) is 1.38. The maximum atomic E-state index is 11.6. The molecule has 0 unspecified atom stereocenters. The van der Waals surface area contributed by atoms with E-state index in [1.807, 2.05) is 12.2 Å². The number of amides is 1. The largest absolute Gasteiger partial charge is 0.455 e. The predicted molar refractivity (Wildman–Crippen MR) is 60.3 cm³/mol. The number of ether oxygens (including phenoxy) is 2. The molecule has 94 valence electrons. The second-order valence-corrected chi connectivity index (χ2v) is 5.38. The summed E-state index contributed by atoms with van der Waals surface area (Å²) in [6.45, 7) is 5.42. The Bertz CT molecular complexity index is 369. The smallest absolute Gasteiger partial charge is 0.408 e. The third-order valence-electron chi connectivity index (χ3n) is 2.69. The minimum atomic E-state index is -0.524. The Morgan fingerprint density at radius 3 is 2.65 bits per heavy atom. The van der Waals surface area contributed by atoms with Crippen LogP contribution in [-0.4, -0.2) is 29.8 Å². The molecular formula is C12H17NO4. The Kier molecular flexibility index (Phi) is 2.85. The first kappa shape index (κ1) is 12.0. The third kappa shape index (κ3) is 2.78. The number of esters is 1. The molecule has 2 aliphatic heterocycles. The first-order valence-electron chi connectivity index (χ1n) is 5.73. The summed E-state index contributed by atoms with van der Waals surface area (Å²) in [5.74, 6) is -0.445. The van der Waals surface area contributed by atoms with E-state index in [4.69, 9.17) is 9.47 Å². The van der Waals surface area contributed by atoms with E-state index in [9.17, 15) is 9.59 Å². The molecule has 1 aliphatic carbocycles. The van der Waals surface area contributed by atoms with Crippen LogP contribution in [0.5, 0.6) is 0 Å². The van der Waals surface area contributed by atoms with E-state index >= 15 is 0 Å². The van der Waals surface area contributed by atoms with Gasteiger partial charge in [-0.2, -0.15) is 0 Å². The number of carbonyl (C=O) groups is 2. The molecule has 0 radical (unpaired) electrons. The molecule has 5 heteroatoms. The Morgan fingerprint density at radius 1 is 1.47 bits per heavy atom. The topological polar surface area (TPSA) is 64.6 Å². The summed E-state index contributed by atoms with van der Waals surface area (Å²) >= 11 is 0. The van der Waals surface area contributed by atoms with Gasteiger partial charge in [-0.3, -0.25) is 4.79 Å². The minimum absolute atomic E-state index is 0.183. The van der Waals surface area contributed by atoms with E-state index in [1.54, 1.807) is 20.8 Å². The van der Waals surface area contributed by atoms with Gasteiger partial charge in [0.05, 0.1) is 12.0 Å². The van der Waals surface area contributed by atoms with Crippen molar-refractivity contribution in [3.8, 4) is 0 Å². The SMILES string of the molecule is CC(C)(C)OC(=O)N[C@@H]1C[C@@H]2C=C[C@H]1OC2=O. The van der Waals surface area contributed by atoms with Crippen LogP contribution in [0.15, 0.2) is 12.2 Å². The van der Waals surface area contributed by atoms with Gasteiger partial charge in [0.2, 0.25) is 0 Å². The van der Waals surface area contributed by atoms with Crippen LogP contribution in [0.1, 0.15) is 27.2 Å². The molecule has 1 N–H and O–H groups in total. The van der Waals surface area contributed by atoms with Crippen LogP contribution in [0.3, 0.4) is 0 Å². The lowest BCUT2D eigenvalue weighted by molar-refractivity contribution is -0.159. The van der Waals surface area contributed by atoms with Gasteiger partial charge in [-0.05, 0) is 33.3 Å². The van der Waals surface area contributed by atoms with E-state index in [1.165, 1.54) is 0 Å². The van der Waals surface area contributed by atoms with Gasteiger partial charge in [-0.25, -0.2) is 4.79 Å². The Balaban J connectivity index is 1.92. The van der Waals surface area contributed by atoms with Crippen molar-refractivity contribution in [2.24, 2.45) is 5.92 Å². The first-order chi connectivity index (χ1) is 7.85. The van der Waals surface area contributed by atoms with Crippen LogP contribution >= 0.6 is 0 Å². The van der Waals surface area contributed by atoms with Gasteiger partial charge < -0.3 is 14.8 Å². The van der Waals surface area contributed by atoms with Gasteiger partial charge in [0.15, 0.2) is 0 Å². The second-order valence-electron chi connectivity index (χ2n) is 5.38. The van der Waals surface area contributed by atoms with Crippen LogP contribution in [0.4, 0.5) is 4.79 Å². The monoisotopic (exact) mass is 239 g/mol. The van der Waals surface area contributed by atoms with E-state index in [0.29, 0.717) is 6.42 Å². The molecule has 3 atom stereocenters. The fourth-order valence-electron chi connectivity index (χ4n) is 1.98. The van der Waals surface area contributed by atoms with Crippen LogP contribution in [-0.2, 0) is 14.3 Å². The van der Waals surface area contributed by atoms with Gasteiger partial charge >= 0.3 is 12.1 Å². The average Bonchev–Trinajstić information content (AvgIpc) is 2.16. The van der Waals surface area contributed by atoms with Gasteiger partial charge in [0, 0.05) is 0 Å². The number of hydrogen-bond donors (Lipinski definition) is 1. The number of nitrogens with one attached hydrogen (secondary N) is 1. The molecule has 5 nitrogen and oxygen atoms in total. The highest BCUT2D eigenvalue weighted by atomic mass is 16.6. The minimum Gasteiger partial charge on any atom is -0.455 e. The molecule has 0 aromatic carbocycles. The first-order valence-corrected chi connectivity index (χ1v) is 5.73. The molecule has 3 rings (SSSR count). The number of fused-ring (bicyclic) bond motifs is 2. The Morgan fingerprint density at radius 2 is 2.18 bits per heavy atom. The normalized spacial score (nSPS) is 31.0. The molecular weight excluding hydrogens is 222 g/mol. The molecule has 17 heavy (non-hydrogen) atoms. The molecule has 0 aromatic rings. The molecule has 2 bridgehead atoms. The maximum absolute atomic E-state index is 11.6. The van der Waals surface area contributed by atoms with Crippen LogP contribution in [0, 0.1) is 5.92 Å². The summed E-state index contributed by atoms with van der Waals surface area (Å²) < 4.78 is 10.3. The molecule has 3 aliphatic rings. The van der Waals surface area contributed by atoms with E-state index in [-0.39, 0.29) is 24.0 Å². The summed E-state index contributed by atoms with van der Waals surface area (Å²) in [5, 5.41) is 2.74. The molecule has 1 saturated heterocycles. The number of hydrogen-bond acceptors (Lipinski definition) is 4. The van der Waals surface area contributed by atoms with E-state index < -0.39 is 11.7 Å². The summed E-state index contributed by atoms with van der Waals surface area (Å²) in [6.07, 6.45) is 3.40. The third-order valence-corrected chi connectivity index (χ3v) is 2.69. The van der Waals surface area contributed by atoms with E-state index in [0.717, 1.165) is 0 Å². The highest BCUT2D eigenvalue weighted by molar-refractivity contribution is 5.78. The Labute approximate surface area is 100 Å². The Hall–Kier alpha value is -1.52. The molecule has 0 saturated carbocycles. The molecule has 1 fully saturated rings. The van der Waals surface area contributed by atoms with Gasteiger partial charge in [0.25, 0.3) is 0 Å². The van der Waals surface area contributed by atoms with Gasteiger partial charge in [-0.15, -0.1) is 0 Å². The van der Waals surface area contributed by atoms with Crippen molar-refractivity contribution in [2.45, 2.75) is 44.9 Å². The summed E-state index contributed by atoms with van der Waals surface area (Å²) in [5.41, 5.74) is -0.524. The van der Waals surface area contributed by atoms with Gasteiger partial charge in [0.1, 0.15) is 11.7 Å². The van der Waals surface area contributed by atoms with Crippen LogP contribution < -0.4 is 5.32 Å². The van der Waals surface area contributed by atoms with Crippen molar-refractivity contribution in [2.75, 3.05) is 0 Å². The van der Waals surface area contributed by atoms with Gasteiger partial charge in [-0.1, -0.05) is 6.08 Å². The maximum Gasteiger partial charge on any atom is 0.408 e. The fourth-order valence-corrected chi connectivity index (χ4v) is 1.98. The zero-order chi connectivity index (χ0) is 12.6. The second kappa shape index (κ2) is 4.05. The molecule has 2 heterocycles. The van der Waals surface area contributed by atoms with E-state index in [2.05, 4.69) is 5.32 Å². The zero-order valence-corrected chi connectivity index (χ0v) is 10.2. The quantitative estimate of drug-likeness (QED) is 0.554. The average molecular weight is 239 g/mol. The van der Waals surface area contributed by atoms with Crippen LogP contribution in [0.25, 0.3) is 0 Å².